The molecule has 0 aliphatic carbocycles. The largest absolute Gasteiger partial charge is 0.325 e. The summed E-state index contributed by atoms with van der Waals surface area (Å²) in [6, 6.07) is 7.82. The van der Waals surface area contributed by atoms with Crippen LogP contribution in [0.3, 0.4) is 0 Å². The zero-order chi connectivity index (χ0) is 13.0. The average molecular weight is 247 g/mol. The minimum atomic E-state index is -0.0756. The second kappa shape index (κ2) is 5.98. The van der Waals surface area contributed by atoms with Gasteiger partial charge < -0.3 is 10.6 Å². The summed E-state index contributed by atoms with van der Waals surface area (Å²) in [6.45, 7) is 7.79. The zero-order valence-corrected chi connectivity index (χ0v) is 11.1. The van der Waals surface area contributed by atoms with Crippen LogP contribution < -0.4 is 10.6 Å². The van der Waals surface area contributed by atoms with Gasteiger partial charge in [0, 0.05) is 31.9 Å². The van der Waals surface area contributed by atoms with Gasteiger partial charge in [0.2, 0.25) is 5.91 Å². The van der Waals surface area contributed by atoms with E-state index in [0.717, 1.165) is 31.9 Å². The van der Waals surface area contributed by atoms with Crippen molar-refractivity contribution in [3.05, 3.63) is 29.8 Å². The summed E-state index contributed by atoms with van der Waals surface area (Å²) >= 11 is 0. The monoisotopic (exact) mass is 247 g/mol. The van der Waals surface area contributed by atoms with Gasteiger partial charge in [0.15, 0.2) is 0 Å². The SMILES string of the molecule is Cc1ccc(NC(=O)C(C)N2CCNCC2)cc1. The van der Waals surface area contributed by atoms with E-state index in [-0.39, 0.29) is 11.9 Å². The molecule has 1 heterocycles. The Morgan fingerprint density at radius 3 is 2.50 bits per heavy atom. The smallest absolute Gasteiger partial charge is 0.241 e. The summed E-state index contributed by atoms with van der Waals surface area (Å²) < 4.78 is 0. The van der Waals surface area contributed by atoms with E-state index in [9.17, 15) is 4.79 Å². The third kappa shape index (κ3) is 3.31. The number of aryl methyl sites for hydroxylation is 1. The van der Waals surface area contributed by atoms with E-state index in [2.05, 4.69) is 15.5 Å². The molecule has 1 aromatic carbocycles. The molecule has 1 aliphatic heterocycles. The Hall–Kier alpha value is -1.39. The minimum absolute atomic E-state index is 0.0701. The highest BCUT2D eigenvalue weighted by Gasteiger charge is 2.22. The molecule has 1 fully saturated rings. The molecule has 0 saturated carbocycles. The lowest BCUT2D eigenvalue weighted by Crippen LogP contribution is -2.51. The maximum absolute atomic E-state index is 12.1. The quantitative estimate of drug-likeness (QED) is 0.844. The number of carbonyl (C=O) groups is 1. The number of hydrogen-bond acceptors (Lipinski definition) is 3. The Bertz CT molecular complexity index is 396. The third-order valence-corrected chi connectivity index (χ3v) is 3.40. The van der Waals surface area contributed by atoms with Crippen molar-refractivity contribution in [2.75, 3.05) is 31.5 Å². The van der Waals surface area contributed by atoms with E-state index in [0.29, 0.717) is 0 Å². The van der Waals surface area contributed by atoms with Gasteiger partial charge in [-0.05, 0) is 26.0 Å². The predicted molar refractivity (Wildman–Crippen MR) is 73.7 cm³/mol. The van der Waals surface area contributed by atoms with Gasteiger partial charge >= 0.3 is 0 Å². The molecule has 1 unspecified atom stereocenters. The lowest BCUT2D eigenvalue weighted by molar-refractivity contribution is -0.120. The van der Waals surface area contributed by atoms with Crippen LogP contribution in [0, 0.1) is 6.92 Å². The molecular formula is C14H21N3O. The number of rotatable bonds is 3. The van der Waals surface area contributed by atoms with E-state index in [4.69, 9.17) is 0 Å². The number of piperazine rings is 1. The summed E-state index contributed by atoms with van der Waals surface area (Å²) in [5, 5.41) is 6.26. The first-order chi connectivity index (χ1) is 8.66. The van der Waals surface area contributed by atoms with Gasteiger partial charge in [0.1, 0.15) is 0 Å². The number of hydrogen-bond donors (Lipinski definition) is 2. The molecule has 0 radical (unpaired) electrons. The molecule has 1 aliphatic rings. The van der Waals surface area contributed by atoms with Gasteiger partial charge in [-0.3, -0.25) is 9.69 Å². The van der Waals surface area contributed by atoms with Crippen LogP contribution in [0.4, 0.5) is 5.69 Å². The molecule has 0 bridgehead atoms. The van der Waals surface area contributed by atoms with Gasteiger partial charge in [0.25, 0.3) is 0 Å². The normalized spacial score (nSPS) is 18.3. The number of nitrogens with zero attached hydrogens (tertiary/aromatic N) is 1. The Morgan fingerprint density at radius 2 is 1.89 bits per heavy atom. The first-order valence-corrected chi connectivity index (χ1v) is 6.49. The Morgan fingerprint density at radius 1 is 1.28 bits per heavy atom. The average Bonchev–Trinajstić information content (AvgIpc) is 2.41. The minimum Gasteiger partial charge on any atom is -0.325 e. The topological polar surface area (TPSA) is 44.4 Å². The Kier molecular flexibility index (Phi) is 4.33. The maximum Gasteiger partial charge on any atom is 0.241 e. The van der Waals surface area contributed by atoms with Crippen molar-refractivity contribution in [2.45, 2.75) is 19.9 Å². The zero-order valence-electron chi connectivity index (χ0n) is 11.1. The summed E-state index contributed by atoms with van der Waals surface area (Å²) in [5.74, 6) is 0.0701. The van der Waals surface area contributed by atoms with Crippen molar-refractivity contribution >= 4 is 11.6 Å². The molecule has 4 nitrogen and oxygen atoms in total. The molecule has 0 spiro atoms. The fourth-order valence-corrected chi connectivity index (χ4v) is 2.12. The third-order valence-electron chi connectivity index (χ3n) is 3.40. The van der Waals surface area contributed by atoms with E-state index in [1.807, 2.05) is 38.1 Å². The number of anilines is 1. The van der Waals surface area contributed by atoms with E-state index < -0.39 is 0 Å². The number of benzene rings is 1. The molecule has 18 heavy (non-hydrogen) atoms. The van der Waals surface area contributed by atoms with Crippen LogP contribution in [0.2, 0.25) is 0 Å². The Balaban J connectivity index is 1.92. The van der Waals surface area contributed by atoms with Crippen molar-refractivity contribution in [3.63, 3.8) is 0 Å². The summed E-state index contributed by atoms with van der Waals surface area (Å²) in [7, 11) is 0. The summed E-state index contributed by atoms with van der Waals surface area (Å²) in [5.41, 5.74) is 2.07. The van der Waals surface area contributed by atoms with Crippen LogP contribution in [0.25, 0.3) is 0 Å². The van der Waals surface area contributed by atoms with Crippen molar-refractivity contribution in [3.8, 4) is 0 Å². The van der Waals surface area contributed by atoms with Gasteiger partial charge in [-0.15, -0.1) is 0 Å². The molecule has 1 atom stereocenters. The highest BCUT2D eigenvalue weighted by Crippen LogP contribution is 2.10. The lowest BCUT2D eigenvalue weighted by Gasteiger charge is -2.31. The van der Waals surface area contributed by atoms with Gasteiger partial charge in [0.05, 0.1) is 6.04 Å². The number of carbonyl (C=O) groups excluding carboxylic acids is 1. The first kappa shape index (κ1) is 13.1. The van der Waals surface area contributed by atoms with Crippen LogP contribution >= 0.6 is 0 Å². The molecule has 1 aromatic rings. The fraction of sp³-hybridized carbons (Fsp3) is 0.500. The van der Waals surface area contributed by atoms with Gasteiger partial charge in [-0.1, -0.05) is 17.7 Å². The molecule has 2 N–H and O–H groups in total. The summed E-state index contributed by atoms with van der Waals surface area (Å²) in [4.78, 5) is 14.3. The van der Waals surface area contributed by atoms with Crippen LogP contribution in [0.15, 0.2) is 24.3 Å². The van der Waals surface area contributed by atoms with Crippen molar-refractivity contribution < 1.29 is 4.79 Å². The van der Waals surface area contributed by atoms with E-state index in [1.165, 1.54) is 5.56 Å². The maximum atomic E-state index is 12.1. The highest BCUT2D eigenvalue weighted by atomic mass is 16.2. The van der Waals surface area contributed by atoms with Crippen LogP contribution in [-0.2, 0) is 4.79 Å². The molecule has 98 valence electrons. The molecule has 1 amide bonds. The van der Waals surface area contributed by atoms with Crippen molar-refractivity contribution in [2.24, 2.45) is 0 Å². The lowest BCUT2D eigenvalue weighted by atomic mass is 10.2. The predicted octanol–water partition coefficient (Wildman–Crippen LogP) is 1.23. The van der Waals surface area contributed by atoms with E-state index >= 15 is 0 Å². The van der Waals surface area contributed by atoms with Crippen LogP contribution in [0.1, 0.15) is 12.5 Å². The van der Waals surface area contributed by atoms with Crippen molar-refractivity contribution in [1.82, 2.24) is 10.2 Å². The van der Waals surface area contributed by atoms with Crippen LogP contribution in [-0.4, -0.2) is 43.0 Å². The Labute approximate surface area is 108 Å². The number of nitrogens with one attached hydrogen (secondary N) is 2. The van der Waals surface area contributed by atoms with Crippen molar-refractivity contribution in [1.29, 1.82) is 0 Å². The molecule has 1 saturated heterocycles. The van der Waals surface area contributed by atoms with Crippen LogP contribution in [0.5, 0.6) is 0 Å². The van der Waals surface area contributed by atoms with E-state index in [1.54, 1.807) is 0 Å². The standard InChI is InChI=1S/C14H21N3O/c1-11-3-5-13(6-4-11)16-14(18)12(2)17-9-7-15-8-10-17/h3-6,12,15H,7-10H2,1-2H3,(H,16,18). The molecular weight excluding hydrogens is 226 g/mol. The second-order valence-electron chi connectivity index (χ2n) is 4.82. The first-order valence-electron chi connectivity index (χ1n) is 6.49. The van der Waals surface area contributed by atoms with Gasteiger partial charge in [-0.25, -0.2) is 0 Å². The summed E-state index contributed by atoms with van der Waals surface area (Å²) in [6.07, 6.45) is 0. The molecule has 4 heteroatoms. The number of amides is 1. The fourth-order valence-electron chi connectivity index (χ4n) is 2.12. The second-order valence-corrected chi connectivity index (χ2v) is 4.82. The highest BCUT2D eigenvalue weighted by molar-refractivity contribution is 5.94. The molecule has 2 rings (SSSR count). The molecule has 0 aromatic heterocycles. The van der Waals surface area contributed by atoms with Gasteiger partial charge in [-0.2, -0.15) is 0 Å².